The standard InChI is InChI=1S/C9H12.C8H11N/c1-8(2)9-6-4-3-5-7-9;1-7(2)8-5-3-4-6-9-8/h3-8H,1-2H3;3-7H,1-2H3. The summed E-state index contributed by atoms with van der Waals surface area (Å²) in [6, 6.07) is 16.5. The van der Waals surface area contributed by atoms with Gasteiger partial charge >= 0.3 is 0 Å². The largest absolute Gasteiger partial charge is 0.261 e. The first kappa shape index (κ1) is 14.4. The molecule has 0 unspecified atom stereocenters. The Bertz CT molecular complexity index is 374. The summed E-state index contributed by atoms with van der Waals surface area (Å²) < 4.78 is 0. The molecular formula is C17H23N. The van der Waals surface area contributed by atoms with E-state index >= 15 is 0 Å². The van der Waals surface area contributed by atoms with Gasteiger partial charge in [-0.05, 0) is 29.5 Å². The number of aromatic nitrogens is 1. The zero-order valence-corrected chi connectivity index (χ0v) is 11.8. The van der Waals surface area contributed by atoms with E-state index in [2.05, 4.69) is 56.9 Å². The summed E-state index contributed by atoms with van der Waals surface area (Å²) in [6.45, 7) is 8.69. The lowest BCUT2D eigenvalue weighted by atomic mass is 10.0. The molecular weight excluding hydrogens is 218 g/mol. The van der Waals surface area contributed by atoms with Crippen molar-refractivity contribution in [3.63, 3.8) is 0 Å². The molecule has 18 heavy (non-hydrogen) atoms. The van der Waals surface area contributed by atoms with Crippen LogP contribution in [0, 0.1) is 0 Å². The third-order valence-electron chi connectivity index (χ3n) is 2.75. The number of benzene rings is 1. The van der Waals surface area contributed by atoms with Crippen LogP contribution in [-0.2, 0) is 0 Å². The zero-order valence-electron chi connectivity index (χ0n) is 11.8. The normalized spacial score (nSPS) is 10.1. The Labute approximate surface area is 111 Å². The summed E-state index contributed by atoms with van der Waals surface area (Å²) in [5.41, 5.74) is 2.58. The van der Waals surface area contributed by atoms with Crippen LogP contribution in [0.3, 0.4) is 0 Å². The van der Waals surface area contributed by atoms with Gasteiger partial charge in [0.2, 0.25) is 0 Å². The van der Waals surface area contributed by atoms with Crippen molar-refractivity contribution in [2.45, 2.75) is 39.5 Å². The lowest BCUT2D eigenvalue weighted by Gasteiger charge is -2.01. The number of nitrogens with zero attached hydrogens (tertiary/aromatic N) is 1. The number of rotatable bonds is 2. The fourth-order valence-corrected chi connectivity index (χ4v) is 1.56. The van der Waals surface area contributed by atoms with E-state index in [1.54, 1.807) is 0 Å². The van der Waals surface area contributed by atoms with Gasteiger partial charge in [0, 0.05) is 11.9 Å². The van der Waals surface area contributed by atoms with Crippen molar-refractivity contribution < 1.29 is 0 Å². The molecule has 1 aromatic carbocycles. The van der Waals surface area contributed by atoms with Crippen molar-refractivity contribution >= 4 is 0 Å². The predicted octanol–water partition coefficient (Wildman–Crippen LogP) is 5.02. The fourth-order valence-electron chi connectivity index (χ4n) is 1.56. The molecule has 1 heterocycles. The van der Waals surface area contributed by atoms with Crippen molar-refractivity contribution in [3.8, 4) is 0 Å². The molecule has 0 radical (unpaired) electrons. The molecule has 0 saturated heterocycles. The molecule has 0 saturated carbocycles. The Morgan fingerprint density at radius 3 is 1.67 bits per heavy atom. The highest BCUT2D eigenvalue weighted by Gasteiger charge is 1.95. The highest BCUT2D eigenvalue weighted by molar-refractivity contribution is 5.17. The minimum atomic E-state index is 0.547. The van der Waals surface area contributed by atoms with E-state index in [0.717, 1.165) is 5.69 Å². The van der Waals surface area contributed by atoms with Crippen molar-refractivity contribution in [1.82, 2.24) is 4.98 Å². The van der Waals surface area contributed by atoms with Gasteiger partial charge in [0.25, 0.3) is 0 Å². The first-order valence-electron chi connectivity index (χ1n) is 6.57. The van der Waals surface area contributed by atoms with Gasteiger partial charge in [-0.15, -0.1) is 0 Å². The van der Waals surface area contributed by atoms with Crippen LogP contribution in [-0.4, -0.2) is 4.98 Å². The summed E-state index contributed by atoms with van der Waals surface area (Å²) in [4.78, 5) is 4.18. The van der Waals surface area contributed by atoms with Gasteiger partial charge in [0.05, 0.1) is 0 Å². The Hall–Kier alpha value is -1.63. The smallest absolute Gasteiger partial charge is 0.0428 e. The number of hydrogen-bond donors (Lipinski definition) is 0. The van der Waals surface area contributed by atoms with Crippen LogP contribution in [0.1, 0.15) is 50.8 Å². The quantitative estimate of drug-likeness (QED) is 0.719. The molecule has 0 aliphatic carbocycles. The summed E-state index contributed by atoms with van der Waals surface area (Å²) in [6.07, 6.45) is 1.83. The lowest BCUT2D eigenvalue weighted by molar-refractivity contribution is 0.823. The molecule has 0 N–H and O–H groups in total. The van der Waals surface area contributed by atoms with Crippen LogP contribution in [0.2, 0.25) is 0 Å². The van der Waals surface area contributed by atoms with Crippen LogP contribution >= 0.6 is 0 Å². The third-order valence-corrected chi connectivity index (χ3v) is 2.75. The van der Waals surface area contributed by atoms with Crippen LogP contribution in [0.25, 0.3) is 0 Å². The van der Waals surface area contributed by atoms with Crippen LogP contribution < -0.4 is 0 Å². The van der Waals surface area contributed by atoms with E-state index in [0.29, 0.717) is 11.8 Å². The lowest BCUT2D eigenvalue weighted by Crippen LogP contribution is -1.88. The molecule has 0 bridgehead atoms. The van der Waals surface area contributed by atoms with Gasteiger partial charge < -0.3 is 0 Å². The highest BCUT2D eigenvalue weighted by Crippen LogP contribution is 2.11. The van der Waals surface area contributed by atoms with E-state index in [4.69, 9.17) is 0 Å². The summed E-state index contributed by atoms with van der Waals surface area (Å²) in [5, 5.41) is 0. The summed E-state index contributed by atoms with van der Waals surface area (Å²) >= 11 is 0. The SMILES string of the molecule is CC(C)c1ccccc1.CC(C)c1ccccn1. The molecule has 1 nitrogen and oxygen atoms in total. The van der Waals surface area contributed by atoms with Crippen molar-refractivity contribution in [3.05, 3.63) is 66.0 Å². The Morgan fingerprint density at radius 2 is 1.33 bits per heavy atom. The molecule has 0 amide bonds. The second kappa shape index (κ2) is 7.65. The maximum Gasteiger partial charge on any atom is 0.0428 e. The molecule has 1 heteroatoms. The van der Waals surface area contributed by atoms with Crippen LogP contribution in [0.5, 0.6) is 0 Å². The molecule has 1 aromatic heterocycles. The maximum atomic E-state index is 4.18. The third kappa shape index (κ3) is 5.13. The first-order valence-corrected chi connectivity index (χ1v) is 6.57. The van der Waals surface area contributed by atoms with E-state index in [1.807, 2.05) is 30.5 Å². The average molecular weight is 241 g/mol. The van der Waals surface area contributed by atoms with Crippen molar-refractivity contribution in [2.75, 3.05) is 0 Å². The molecule has 0 aliphatic rings. The van der Waals surface area contributed by atoms with E-state index in [9.17, 15) is 0 Å². The van der Waals surface area contributed by atoms with Gasteiger partial charge in [-0.1, -0.05) is 64.1 Å². The molecule has 0 spiro atoms. The van der Waals surface area contributed by atoms with E-state index in [-0.39, 0.29) is 0 Å². The van der Waals surface area contributed by atoms with Gasteiger partial charge in [0.15, 0.2) is 0 Å². The molecule has 2 rings (SSSR count). The highest BCUT2D eigenvalue weighted by atomic mass is 14.7. The van der Waals surface area contributed by atoms with Crippen LogP contribution in [0.15, 0.2) is 54.7 Å². The molecule has 0 fully saturated rings. The first-order chi connectivity index (χ1) is 8.61. The number of hydrogen-bond acceptors (Lipinski definition) is 1. The van der Waals surface area contributed by atoms with Gasteiger partial charge in [-0.25, -0.2) is 0 Å². The molecule has 0 aliphatic heterocycles. The molecule has 96 valence electrons. The Balaban J connectivity index is 0.000000180. The van der Waals surface area contributed by atoms with Crippen molar-refractivity contribution in [1.29, 1.82) is 0 Å². The topological polar surface area (TPSA) is 12.9 Å². The molecule has 0 atom stereocenters. The van der Waals surface area contributed by atoms with Crippen LogP contribution in [0.4, 0.5) is 0 Å². The second-order valence-corrected chi connectivity index (χ2v) is 4.97. The van der Waals surface area contributed by atoms with Gasteiger partial charge in [0.1, 0.15) is 0 Å². The predicted molar refractivity (Wildman–Crippen MR) is 78.9 cm³/mol. The summed E-state index contributed by atoms with van der Waals surface area (Å²) in [5.74, 6) is 1.21. The van der Waals surface area contributed by atoms with E-state index < -0.39 is 0 Å². The minimum absolute atomic E-state index is 0.547. The molecule has 2 aromatic rings. The summed E-state index contributed by atoms with van der Waals surface area (Å²) in [7, 11) is 0. The van der Waals surface area contributed by atoms with E-state index in [1.165, 1.54) is 5.56 Å². The van der Waals surface area contributed by atoms with Gasteiger partial charge in [-0.2, -0.15) is 0 Å². The second-order valence-electron chi connectivity index (χ2n) is 4.97. The Morgan fingerprint density at radius 1 is 0.722 bits per heavy atom. The minimum Gasteiger partial charge on any atom is -0.261 e. The fraction of sp³-hybridized carbons (Fsp3) is 0.353. The maximum absolute atomic E-state index is 4.18. The average Bonchev–Trinajstić information content (AvgIpc) is 2.41. The Kier molecular flexibility index (Phi) is 6.13. The zero-order chi connectivity index (χ0) is 13.4. The number of pyridine rings is 1. The van der Waals surface area contributed by atoms with Crippen molar-refractivity contribution in [2.24, 2.45) is 0 Å². The monoisotopic (exact) mass is 241 g/mol. The van der Waals surface area contributed by atoms with Gasteiger partial charge in [-0.3, -0.25) is 4.98 Å².